The average molecular weight is 363 g/mol. The van der Waals surface area contributed by atoms with Crippen LogP contribution in [0.2, 0.25) is 0 Å². The van der Waals surface area contributed by atoms with E-state index < -0.39 is 10.0 Å². The number of rotatable bonds is 5. The Hall–Kier alpha value is -1.73. The smallest absolute Gasteiger partial charge is 0.217 e. The van der Waals surface area contributed by atoms with Crippen LogP contribution in [0.1, 0.15) is 48.8 Å². The van der Waals surface area contributed by atoms with Gasteiger partial charge in [0.2, 0.25) is 10.0 Å². The molecular formula is C18H22FN3O2S. The number of nitrogens with zero attached hydrogens (tertiary/aromatic N) is 3. The summed E-state index contributed by atoms with van der Waals surface area (Å²) in [6, 6.07) is 6.21. The molecule has 2 heterocycles. The maximum atomic E-state index is 13.1. The van der Waals surface area contributed by atoms with Crippen molar-refractivity contribution in [3.63, 3.8) is 0 Å². The molecule has 0 bridgehead atoms. The first kappa shape index (κ1) is 16.7. The summed E-state index contributed by atoms with van der Waals surface area (Å²) in [5, 5.41) is -0.199. The van der Waals surface area contributed by atoms with Crippen molar-refractivity contribution in [2.75, 3.05) is 6.54 Å². The standard InChI is InChI=1S/C18H22FN3O2S/c1-13-11-20-18(21(13)12-14-4-6-15(19)7-5-14)17-3-2-10-22(17)25(23,24)16-8-9-16/h4-7,11,16-17H,2-3,8-10,12H2,1H3. The number of imidazole rings is 1. The van der Waals surface area contributed by atoms with E-state index in [1.165, 1.54) is 12.1 Å². The number of hydrogen-bond acceptors (Lipinski definition) is 3. The summed E-state index contributed by atoms with van der Waals surface area (Å²) < 4.78 is 42.3. The van der Waals surface area contributed by atoms with Crippen LogP contribution >= 0.6 is 0 Å². The number of benzene rings is 1. The third-order valence-electron chi connectivity index (χ3n) is 5.11. The quantitative estimate of drug-likeness (QED) is 0.821. The summed E-state index contributed by atoms with van der Waals surface area (Å²) in [7, 11) is -3.22. The number of aryl methyl sites for hydroxylation is 1. The van der Waals surface area contributed by atoms with Crippen LogP contribution in [-0.2, 0) is 16.6 Å². The summed E-state index contributed by atoms with van der Waals surface area (Å²) in [6.45, 7) is 3.11. The fraction of sp³-hybridized carbons (Fsp3) is 0.500. The Morgan fingerprint density at radius 2 is 1.92 bits per heavy atom. The van der Waals surface area contributed by atoms with Crippen molar-refractivity contribution in [3.05, 3.63) is 53.4 Å². The Balaban J connectivity index is 1.65. The number of aromatic nitrogens is 2. The van der Waals surface area contributed by atoms with Gasteiger partial charge in [0.05, 0.1) is 11.3 Å². The first-order valence-electron chi connectivity index (χ1n) is 8.74. The van der Waals surface area contributed by atoms with Crippen molar-refractivity contribution in [2.24, 2.45) is 0 Å². The van der Waals surface area contributed by atoms with E-state index in [1.807, 2.05) is 6.92 Å². The fourth-order valence-corrected chi connectivity index (χ4v) is 5.64. The van der Waals surface area contributed by atoms with Gasteiger partial charge < -0.3 is 4.57 Å². The lowest BCUT2D eigenvalue weighted by molar-refractivity contribution is 0.373. The SMILES string of the molecule is Cc1cnc(C2CCCN2S(=O)(=O)C2CC2)n1Cc1ccc(F)cc1. The summed E-state index contributed by atoms with van der Waals surface area (Å²) in [4.78, 5) is 4.54. The van der Waals surface area contributed by atoms with E-state index in [-0.39, 0.29) is 17.1 Å². The second-order valence-corrected chi connectivity index (χ2v) is 9.15. The molecule has 0 N–H and O–H groups in total. The molecule has 0 spiro atoms. The molecule has 25 heavy (non-hydrogen) atoms. The van der Waals surface area contributed by atoms with Gasteiger partial charge in [-0.05, 0) is 50.3 Å². The topological polar surface area (TPSA) is 55.2 Å². The van der Waals surface area contributed by atoms with E-state index >= 15 is 0 Å². The Morgan fingerprint density at radius 3 is 2.60 bits per heavy atom. The summed E-state index contributed by atoms with van der Waals surface area (Å²) >= 11 is 0. The number of sulfonamides is 1. The zero-order valence-corrected chi connectivity index (χ0v) is 15.0. The van der Waals surface area contributed by atoms with E-state index in [0.717, 1.165) is 42.8 Å². The lowest BCUT2D eigenvalue weighted by atomic mass is 10.2. The molecule has 4 rings (SSSR count). The average Bonchev–Trinajstić information content (AvgIpc) is 3.24. The third-order valence-corrected chi connectivity index (χ3v) is 7.52. The van der Waals surface area contributed by atoms with E-state index in [0.29, 0.717) is 13.1 Å². The first-order valence-corrected chi connectivity index (χ1v) is 10.2. The molecule has 1 aliphatic heterocycles. The third kappa shape index (κ3) is 3.11. The molecule has 1 saturated heterocycles. The van der Waals surface area contributed by atoms with E-state index in [2.05, 4.69) is 9.55 Å². The van der Waals surface area contributed by atoms with Crippen LogP contribution in [0.4, 0.5) is 4.39 Å². The molecule has 2 aliphatic rings. The highest BCUT2D eigenvalue weighted by Crippen LogP contribution is 2.40. The van der Waals surface area contributed by atoms with Gasteiger partial charge in [-0.25, -0.2) is 17.8 Å². The normalized spacial score (nSPS) is 21.8. The van der Waals surface area contributed by atoms with Crippen molar-refractivity contribution >= 4 is 10.0 Å². The Morgan fingerprint density at radius 1 is 1.20 bits per heavy atom. The van der Waals surface area contributed by atoms with Gasteiger partial charge in [-0.3, -0.25) is 0 Å². The molecule has 0 amide bonds. The maximum Gasteiger partial charge on any atom is 0.217 e. The van der Waals surface area contributed by atoms with E-state index in [1.54, 1.807) is 22.6 Å². The highest BCUT2D eigenvalue weighted by atomic mass is 32.2. The molecular weight excluding hydrogens is 341 g/mol. The number of hydrogen-bond donors (Lipinski definition) is 0. The van der Waals surface area contributed by atoms with Gasteiger partial charge in [-0.2, -0.15) is 4.31 Å². The Labute approximate surface area is 147 Å². The second-order valence-electron chi connectivity index (χ2n) is 6.98. The summed E-state index contributed by atoms with van der Waals surface area (Å²) in [5.41, 5.74) is 1.95. The maximum absolute atomic E-state index is 13.1. The highest BCUT2D eigenvalue weighted by Gasteiger charge is 2.45. The van der Waals surface area contributed by atoms with Crippen molar-refractivity contribution in [1.29, 1.82) is 0 Å². The lowest BCUT2D eigenvalue weighted by Gasteiger charge is -2.25. The van der Waals surface area contributed by atoms with Gasteiger partial charge in [0.25, 0.3) is 0 Å². The number of halogens is 1. The molecule has 5 nitrogen and oxygen atoms in total. The minimum absolute atomic E-state index is 0.195. The summed E-state index contributed by atoms with van der Waals surface area (Å²) in [5.74, 6) is 0.535. The molecule has 2 fully saturated rings. The Bertz CT molecular complexity index is 872. The fourth-order valence-electron chi connectivity index (χ4n) is 3.58. The predicted molar refractivity (Wildman–Crippen MR) is 93.1 cm³/mol. The molecule has 1 unspecified atom stereocenters. The largest absolute Gasteiger partial charge is 0.327 e. The van der Waals surface area contributed by atoms with Crippen molar-refractivity contribution in [1.82, 2.24) is 13.9 Å². The van der Waals surface area contributed by atoms with Gasteiger partial charge in [-0.15, -0.1) is 0 Å². The van der Waals surface area contributed by atoms with Crippen LogP contribution in [-0.4, -0.2) is 34.1 Å². The monoisotopic (exact) mass is 363 g/mol. The van der Waals surface area contributed by atoms with Crippen LogP contribution < -0.4 is 0 Å². The molecule has 1 atom stereocenters. The van der Waals surface area contributed by atoms with Crippen molar-refractivity contribution in [3.8, 4) is 0 Å². The zero-order chi connectivity index (χ0) is 17.6. The van der Waals surface area contributed by atoms with Crippen LogP contribution in [0.25, 0.3) is 0 Å². The first-order chi connectivity index (χ1) is 12.0. The van der Waals surface area contributed by atoms with Crippen LogP contribution in [0, 0.1) is 12.7 Å². The van der Waals surface area contributed by atoms with Gasteiger partial charge in [0.15, 0.2) is 0 Å². The molecule has 2 aromatic rings. The van der Waals surface area contributed by atoms with Crippen LogP contribution in [0.3, 0.4) is 0 Å². The summed E-state index contributed by atoms with van der Waals surface area (Å²) in [6.07, 6.45) is 4.99. The van der Waals surface area contributed by atoms with E-state index in [4.69, 9.17) is 0 Å². The molecule has 1 aromatic carbocycles. The van der Waals surface area contributed by atoms with Gasteiger partial charge in [0.1, 0.15) is 11.6 Å². The Kier molecular flexibility index (Phi) is 4.16. The molecule has 7 heteroatoms. The molecule has 0 radical (unpaired) electrons. The predicted octanol–water partition coefficient (Wildman–Crippen LogP) is 3.01. The second kappa shape index (κ2) is 6.21. The van der Waals surface area contributed by atoms with Crippen molar-refractivity contribution in [2.45, 2.75) is 50.4 Å². The van der Waals surface area contributed by atoms with Gasteiger partial charge in [-0.1, -0.05) is 12.1 Å². The van der Waals surface area contributed by atoms with E-state index in [9.17, 15) is 12.8 Å². The minimum Gasteiger partial charge on any atom is -0.327 e. The molecule has 134 valence electrons. The molecule has 1 saturated carbocycles. The van der Waals surface area contributed by atoms with Gasteiger partial charge >= 0.3 is 0 Å². The minimum atomic E-state index is -3.22. The molecule has 1 aliphatic carbocycles. The molecule has 1 aromatic heterocycles. The lowest BCUT2D eigenvalue weighted by Crippen LogP contribution is -2.34. The van der Waals surface area contributed by atoms with Gasteiger partial charge in [0, 0.05) is 25.0 Å². The highest BCUT2D eigenvalue weighted by molar-refractivity contribution is 7.90. The van der Waals surface area contributed by atoms with Crippen molar-refractivity contribution < 1.29 is 12.8 Å². The zero-order valence-electron chi connectivity index (χ0n) is 14.2. The van der Waals surface area contributed by atoms with Crippen LogP contribution in [0.15, 0.2) is 30.5 Å². The van der Waals surface area contributed by atoms with Crippen LogP contribution in [0.5, 0.6) is 0 Å².